The second kappa shape index (κ2) is 10.3. The average molecular weight is 290 g/mol. The van der Waals surface area contributed by atoms with Crippen molar-refractivity contribution in [1.29, 1.82) is 0 Å². The van der Waals surface area contributed by atoms with Gasteiger partial charge in [0.25, 0.3) is 0 Å². The molecule has 116 valence electrons. The first kappa shape index (κ1) is 18.5. The molecule has 0 heterocycles. The first-order valence-electron chi connectivity index (χ1n) is 6.39. The summed E-state index contributed by atoms with van der Waals surface area (Å²) in [7, 11) is 2.72. The summed E-state index contributed by atoms with van der Waals surface area (Å²) in [6.07, 6.45) is -0.380. The Labute approximate surface area is 118 Å². The van der Waals surface area contributed by atoms with Crippen LogP contribution >= 0.6 is 0 Å². The fourth-order valence-corrected chi connectivity index (χ4v) is 1.87. The second-order valence-electron chi connectivity index (χ2n) is 3.89. The van der Waals surface area contributed by atoms with E-state index in [1.165, 1.54) is 14.2 Å². The van der Waals surface area contributed by atoms with Crippen LogP contribution in [0, 0.1) is 11.8 Å². The Bertz CT molecular complexity index is 294. The average Bonchev–Trinajstić information content (AvgIpc) is 2.41. The predicted molar refractivity (Wildman–Crippen MR) is 68.7 cm³/mol. The molecule has 7 nitrogen and oxygen atoms in total. The Morgan fingerprint density at radius 3 is 1.75 bits per heavy atom. The molecular formula is C13H22O7. The molecule has 7 heteroatoms. The van der Waals surface area contributed by atoms with Crippen LogP contribution < -0.4 is 0 Å². The van der Waals surface area contributed by atoms with Crippen molar-refractivity contribution < 1.29 is 33.3 Å². The zero-order valence-electron chi connectivity index (χ0n) is 12.3. The van der Waals surface area contributed by atoms with Gasteiger partial charge in [-0.3, -0.25) is 9.59 Å². The van der Waals surface area contributed by atoms with Crippen molar-refractivity contribution in [3.05, 3.63) is 0 Å². The highest BCUT2D eigenvalue weighted by atomic mass is 16.7. The number of carbonyl (C=O) groups is 3. The van der Waals surface area contributed by atoms with Crippen LogP contribution in [0.5, 0.6) is 0 Å². The number of ether oxygens (including phenoxy) is 4. The first-order valence-corrected chi connectivity index (χ1v) is 6.39. The first-order chi connectivity index (χ1) is 9.56. The van der Waals surface area contributed by atoms with E-state index < -0.39 is 30.1 Å². The third-order valence-electron chi connectivity index (χ3n) is 2.69. The van der Waals surface area contributed by atoms with E-state index in [0.717, 1.165) is 0 Å². The summed E-state index contributed by atoms with van der Waals surface area (Å²) in [6, 6.07) is 0. The van der Waals surface area contributed by atoms with Crippen LogP contribution in [-0.2, 0) is 33.3 Å². The van der Waals surface area contributed by atoms with Gasteiger partial charge in [-0.05, 0) is 13.8 Å². The van der Waals surface area contributed by atoms with Gasteiger partial charge in [-0.2, -0.15) is 0 Å². The van der Waals surface area contributed by atoms with Crippen molar-refractivity contribution >= 4 is 18.2 Å². The van der Waals surface area contributed by atoms with Crippen molar-refractivity contribution in [3.8, 4) is 0 Å². The molecule has 0 fully saturated rings. The lowest BCUT2D eigenvalue weighted by Gasteiger charge is -2.28. The Balaban J connectivity index is 5.32. The lowest BCUT2D eigenvalue weighted by Crippen LogP contribution is -2.41. The van der Waals surface area contributed by atoms with Crippen LogP contribution in [0.1, 0.15) is 20.3 Å². The molecule has 0 radical (unpaired) electrons. The molecular weight excluding hydrogens is 268 g/mol. The van der Waals surface area contributed by atoms with Gasteiger partial charge >= 0.3 is 11.9 Å². The molecule has 0 aliphatic heterocycles. The molecule has 0 N–H and O–H groups in total. The predicted octanol–water partition coefficient (Wildman–Crippen LogP) is 0.553. The van der Waals surface area contributed by atoms with Gasteiger partial charge in [0.05, 0.1) is 13.2 Å². The number of methoxy groups -OCH3 is 2. The number of rotatable bonds is 10. The normalized spacial score (nSPS) is 12.3. The Morgan fingerprint density at radius 1 is 1.00 bits per heavy atom. The van der Waals surface area contributed by atoms with E-state index in [4.69, 9.17) is 18.9 Å². The summed E-state index contributed by atoms with van der Waals surface area (Å²) in [5.74, 6) is -3.57. The van der Waals surface area contributed by atoms with E-state index in [1.807, 2.05) is 0 Å². The van der Waals surface area contributed by atoms with Crippen LogP contribution in [-0.4, -0.2) is 51.9 Å². The van der Waals surface area contributed by atoms with Crippen LogP contribution in [0.25, 0.3) is 0 Å². The maximum Gasteiger partial charge on any atom is 0.320 e. The molecule has 0 aliphatic rings. The van der Waals surface area contributed by atoms with Gasteiger partial charge in [-0.25, -0.2) is 0 Å². The highest BCUT2D eigenvalue weighted by molar-refractivity contribution is 5.95. The molecule has 0 aromatic heterocycles. The lowest BCUT2D eigenvalue weighted by molar-refractivity contribution is -0.184. The molecule has 0 saturated heterocycles. The molecule has 0 saturated carbocycles. The maximum atomic E-state index is 12.0. The molecule has 0 spiro atoms. The summed E-state index contributed by atoms with van der Waals surface area (Å²) in [5.41, 5.74) is 0. The fraction of sp³-hybridized carbons (Fsp3) is 0.769. The Kier molecular flexibility index (Phi) is 9.57. The third kappa shape index (κ3) is 5.26. The molecule has 20 heavy (non-hydrogen) atoms. The highest BCUT2D eigenvalue weighted by Crippen LogP contribution is 2.25. The molecule has 0 amide bonds. The van der Waals surface area contributed by atoms with Gasteiger partial charge in [0.15, 0.2) is 12.2 Å². The van der Waals surface area contributed by atoms with E-state index in [-0.39, 0.29) is 19.6 Å². The minimum absolute atomic E-state index is 0.0886. The number of hydrogen-bond donors (Lipinski definition) is 0. The van der Waals surface area contributed by atoms with Crippen LogP contribution in [0.2, 0.25) is 0 Å². The van der Waals surface area contributed by atoms with Crippen molar-refractivity contribution in [1.82, 2.24) is 0 Å². The van der Waals surface area contributed by atoms with Gasteiger partial charge in [-0.1, -0.05) is 0 Å². The third-order valence-corrected chi connectivity index (χ3v) is 2.69. The van der Waals surface area contributed by atoms with Crippen LogP contribution in [0.4, 0.5) is 0 Å². The van der Waals surface area contributed by atoms with Gasteiger partial charge in [0.1, 0.15) is 6.29 Å². The molecule has 1 unspecified atom stereocenters. The number of aldehydes is 1. The number of carbonyl (C=O) groups excluding carboxylic acids is 3. The Morgan fingerprint density at radius 2 is 1.45 bits per heavy atom. The SMILES string of the molecule is CCOC(=O)C(C(=O)OCC)C(CC=O)C(OC)OC. The second-order valence-corrected chi connectivity index (χ2v) is 3.89. The Hall–Kier alpha value is -1.47. The highest BCUT2D eigenvalue weighted by Gasteiger charge is 2.42. The smallest absolute Gasteiger partial charge is 0.320 e. The van der Waals surface area contributed by atoms with E-state index in [9.17, 15) is 14.4 Å². The summed E-state index contributed by atoms with van der Waals surface area (Å²) in [5, 5.41) is 0. The minimum Gasteiger partial charge on any atom is -0.465 e. The number of esters is 2. The molecule has 0 rings (SSSR count). The van der Waals surface area contributed by atoms with Gasteiger partial charge < -0.3 is 23.7 Å². The minimum atomic E-state index is -1.26. The zero-order chi connectivity index (χ0) is 15.5. The zero-order valence-corrected chi connectivity index (χ0v) is 12.3. The topological polar surface area (TPSA) is 88.1 Å². The van der Waals surface area contributed by atoms with Gasteiger partial charge in [0.2, 0.25) is 0 Å². The summed E-state index contributed by atoms with van der Waals surface area (Å²) in [4.78, 5) is 34.7. The van der Waals surface area contributed by atoms with Crippen molar-refractivity contribution in [2.75, 3.05) is 27.4 Å². The van der Waals surface area contributed by atoms with E-state index in [1.54, 1.807) is 13.8 Å². The largest absolute Gasteiger partial charge is 0.465 e. The number of hydrogen-bond acceptors (Lipinski definition) is 7. The monoisotopic (exact) mass is 290 g/mol. The summed E-state index contributed by atoms with van der Waals surface area (Å²) < 4.78 is 19.9. The van der Waals surface area contributed by atoms with Gasteiger partial charge in [-0.15, -0.1) is 0 Å². The summed E-state index contributed by atoms with van der Waals surface area (Å²) >= 11 is 0. The van der Waals surface area contributed by atoms with Crippen molar-refractivity contribution in [2.24, 2.45) is 11.8 Å². The van der Waals surface area contributed by atoms with E-state index >= 15 is 0 Å². The fourth-order valence-electron chi connectivity index (χ4n) is 1.87. The quantitative estimate of drug-likeness (QED) is 0.251. The molecule has 0 bridgehead atoms. The standard InChI is InChI=1S/C13H22O7/c1-5-19-11(15)10(12(16)20-6-2)9(7-8-14)13(17-3)18-4/h8-10,13H,5-7H2,1-4H3. The summed E-state index contributed by atoms with van der Waals surface area (Å²) in [6.45, 7) is 3.48. The maximum absolute atomic E-state index is 12.0. The van der Waals surface area contributed by atoms with Crippen molar-refractivity contribution in [3.63, 3.8) is 0 Å². The molecule has 0 aromatic carbocycles. The van der Waals surface area contributed by atoms with Crippen LogP contribution in [0.3, 0.4) is 0 Å². The molecule has 0 aromatic rings. The lowest BCUT2D eigenvalue weighted by atomic mass is 9.89. The van der Waals surface area contributed by atoms with Gasteiger partial charge in [0, 0.05) is 26.6 Å². The molecule has 1 atom stereocenters. The van der Waals surface area contributed by atoms with Crippen molar-refractivity contribution in [2.45, 2.75) is 26.6 Å². The van der Waals surface area contributed by atoms with Crippen LogP contribution in [0.15, 0.2) is 0 Å². The van der Waals surface area contributed by atoms with E-state index in [0.29, 0.717) is 6.29 Å². The molecule has 0 aliphatic carbocycles. The van der Waals surface area contributed by atoms with E-state index in [2.05, 4.69) is 0 Å².